The predicted octanol–water partition coefficient (Wildman–Crippen LogP) is 3.50. The number of carbonyl (C=O) groups is 1. The molecule has 0 amide bonds. The Kier molecular flexibility index (Phi) is 4.72. The van der Waals surface area contributed by atoms with E-state index < -0.39 is 36.0 Å². The third kappa shape index (κ3) is 3.71. The van der Waals surface area contributed by atoms with Crippen LogP contribution in [0.4, 0.5) is 29.2 Å². The van der Waals surface area contributed by atoms with Crippen LogP contribution in [0, 0.1) is 6.92 Å². The van der Waals surface area contributed by atoms with E-state index in [0.717, 1.165) is 12.3 Å². The van der Waals surface area contributed by atoms with E-state index in [9.17, 15) is 22.4 Å². The summed E-state index contributed by atoms with van der Waals surface area (Å²) in [6.07, 6.45) is -4.11. The van der Waals surface area contributed by atoms with Crippen LogP contribution in [0.2, 0.25) is 0 Å². The number of nitrogens with one attached hydrogen (secondary N) is 1. The van der Waals surface area contributed by atoms with Gasteiger partial charge in [0.15, 0.2) is 11.5 Å². The van der Waals surface area contributed by atoms with Gasteiger partial charge in [-0.15, -0.1) is 0 Å². The van der Waals surface area contributed by atoms with Crippen LogP contribution in [0.1, 0.15) is 40.2 Å². The Morgan fingerprint density at radius 1 is 1.13 bits per heavy atom. The SMILES string of the molecule is Cc1cc(C(F)F)cnc1Nc1nc(C(F)F)cnc1C(=O)O. The van der Waals surface area contributed by atoms with Crippen LogP contribution < -0.4 is 5.32 Å². The molecule has 0 spiro atoms. The minimum absolute atomic E-state index is 0.0117. The molecule has 2 aromatic heterocycles. The van der Waals surface area contributed by atoms with Crippen molar-refractivity contribution in [2.24, 2.45) is 0 Å². The molecular formula is C13H10F4N4O2. The van der Waals surface area contributed by atoms with E-state index in [1.165, 1.54) is 6.92 Å². The van der Waals surface area contributed by atoms with Gasteiger partial charge in [0.2, 0.25) is 0 Å². The second kappa shape index (κ2) is 6.55. The lowest BCUT2D eigenvalue weighted by molar-refractivity contribution is 0.0690. The lowest BCUT2D eigenvalue weighted by atomic mass is 10.2. The first kappa shape index (κ1) is 16.6. The molecule has 0 aromatic carbocycles. The van der Waals surface area contributed by atoms with Crippen molar-refractivity contribution in [3.63, 3.8) is 0 Å². The van der Waals surface area contributed by atoms with Gasteiger partial charge in [0.1, 0.15) is 11.5 Å². The Hall–Kier alpha value is -2.78. The third-order valence-electron chi connectivity index (χ3n) is 2.81. The first-order valence-electron chi connectivity index (χ1n) is 6.19. The molecule has 0 fully saturated rings. The smallest absolute Gasteiger partial charge is 0.358 e. The summed E-state index contributed by atoms with van der Waals surface area (Å²) < 4.78 is 50.5. The summed E-state index contributed by atoms with van der Waals surface area (Å²) in [5.74, 6) is -1.92. The third-order valence-corrected chi connectivity index (χ3v) is 2.81. The summed E-state index contributed by atoms with van der Waals surface area (Å²) in [5.41, 5.74) is -1.37. The highest BCUT2D eigenvalue weighted by atomic mass is 19.3. The van der Waals surface area contributed by atoms with Crippen LogP contribution in [0.5, 0.6) is 0 Å². The van der Waals surface area contributed by atoms with Crippen LogP contribution in [-0.4, -0.2) is 26.0 Å². The number of aryl methyl sites for hydroxylation is 1. The zero-order valence-electron chi connectivity index (χ0n) is 11.6. The van der Waals surface area contributed by atoms with Gasteiger partial charge in [-0.2, -0.15) is 0 Å². The van der Waals surface area contributed by atoms with Crippen molar-refractivity contribution in [1.29, 1.82) is 0 Å². The minimum Gasteiger partial charge on any atom is -0.476 e. The monoisotopic (exact) mass is 330 g/mol. The summed E-state index contributed by atoms with van der Waals surface area (Å²) in [7, 11) is 0. The maximum atomic E-state index is 12.7. The number of nitrogens with zero attached hydrogens (tertiary/aromatic N) is 3. The highest BCUT2D eigenvalue weighted by Gasteiger charge is 2.19. The number of pyridine rings is 1. The molecule has 2 aromatic rings. The number of carboxylic acid groups (broad SMARTS) is 1. The lowest BCUT2D eigenvalue weighted by Crippen LogP contribution is -2.11. The van der Waals surface area contributed by atoms with Crippen LogP contribution >= 0.6 is 0 Å². The van der Waals surface area contributed by atoms with E-state index in [0.29, 0.717) is 6.20 Å². The molecule has 2 N–H and O–H groups in total. The molecule has 0 aliphatic heterocycles. The van der Waals surface area contributed by atoms with Crippen LogP contribution in [-0.2, 0) is 0 Å². The van der Waals surface area contributed by atoms with Gasteiger partial charge in [0.25, 0.3) is 12.9 Å². The second-order valence-electron chi connectivity index (χ2n) is 4.46. The number of aromatic nitrogens is 3. The van der Waals surface area contributed by atoms with Gasteiger partial charge in [-0.25, -0.2) is 37.3 Å². The van der Waals surface area contributed by atoms with E-state index in [1.807, 2.05) is 0 Å². The predicted molar refractivity (Wildman–Crippen MR) is 71.2 cm³/mol. The number of hydrogen-bond acceptors (Lipinski definition) is 5. The Morgan fingerprint density at radius 3 is 2.35 bits per heavy atom. The van der Waals surface area contributed by atoms with E-state index in [-0.39, 0.29) is 16.9 Å². The van der Waals surface area contributed by atoms with E-state index in [2.05, 4.69) is 20.3 Å². The van der Waals surface area contributed by atoms with Gasteiger partial charge in [0.05, 0.1) is 6.20 Å². The number of aromatic carboxylic acids is 1. The molecule has 23 heavy (non-hydrogen) atoms. The summed E-state index contributed by atoms with van der Waals surface area (Å²) in [6, 6.07) is 1.14. The summed E-state index contributed by atoms with van der Waals surface area (Å²) in [4.78, 5) is 21.7. The van der Waals surface area contributed by atoms with Crippen molar-refractivity contribution < 1.29 is 27.5 Å². The molecule has 0 aliphatic carbocycles. The van der Waals surface area contributed by atoms with Gasteiger partial charge in [-0.3, -0.25) is 0 Å². The Balaban J connectivity index is 2.42. The first-order chi connectivity index (χ1) is 10.8. The molecule has 10 heteroatoms. The Bertz CT molecular complexity index is 740. The molecule has 0 aliphatic rings. The number of hydrogen-bond donors (Lipinski definition) is 2. The maximum absolute atomic E-state index is 12.7. The van der Waals surface area contributed by atoms with Crippen molar-refractivity contribution in [2.75, 3.05) is 5.32 Å². The quantitative estimate of drug-likeness (QED) is 0.816. The molecule has 0 unspecified atom stereocenters. The number of halogens is 4. The standard InChI is InChI=1S/C13H10F4N4O2/c1-5-2-6(9(14)15)3-19-11(5)21-12-8(13(22)23)18-4-7(20-12)10(16)17/h2-4,9-10H,1H3,(H,22,23)(H,19,20,21). The fourth-order valence-corrected chi connectivity index (χ4v) is 1.71. The zero-order valence-corrected chi connectivity index (χ0v) is 11.6. The zero-order chi connectivity index (χ0) is 17.1. The summed E-state index contributed by atoms with van der Waals surface area (Å²) in [6.45, 7) is 1.45. The minimum atomic E-state index is -2.94. The van der Waals surface area contributed by atoms with E-state index in [4.69, 9.17) is 5.11 Å². The number of rotatable bonds is 5. The molecule has 2 heterocycles. The number of alkyl halides is 4. The topological polar surface area (TPSA) is 88.0 Å². The van der Waals surface area contributed by atoms with Crippen molar-refractivity contribution in [3.8, 4) is 0 Å². The van der Waals surface area contributed by atoms with Crippen LogP contribution in [0.3, 0.4) is 0 Å². The van der Waals surface area contributed by atoms with Gasteiger partial charge in [0, 0.05) is 11.8 Å². The van der Waals surface area contributed by atoms with Crippen molar-refractivity contribution >= 4 is 17.6 Å². The molecule has 0 bridgehead atoms. The van der Waals surface area contributed by atoms with Crippen molar-refractivity contribution in [3.05, 3.63) is 41.0 Å². The van der Waals surface area contributed by atoms with Gasteiger partial charge >= 0.3 is 5.97 Å². The van der Waals surface area contributed by atoms with E-state index >= 15 is 0 Å². The number of anilines is 2. The second-order valence-corrected chi connectivity index (χ2v) is 4.46. The largest absolute Gasteiger partial charge is 0.476 e. The number of carboxylic acids is 1. The van der Waals surface area contributed by atoms with Gasteiger partial charge in [-0.1, -0.05) is 0 Å². The molecular weight excluding hydrogens is 320 g/mol. The van der Waals surface area contributed by atoms with Crippen molar-refractivity contribution in [2.45, 2.75) is 19.8 Å². The maximum Gasteiger partial charge on any atom is 0.358 e. The summed E-state index contributed by atoms with van der Waals surface area (Å²) >= 11 is 0. The fourth-order valence-electron chi connectivity index (χ4n) is 1.71. The average molecular weight is 330 g/mol. The lowest BCUT2D eigenvalue weighted by Gasteiger charge is -2.11. The Labute approximate surface area is 127 Å². The summed E-state index contributed by atoms with van der Waals surface area (Å²) in [5, 5.41) is 11.4. The van der Waals surface area contributed by atoms with E-state index in [1.54, 1.807) is 0 Å². The normalized spacial score (nSPS) is 11.1. The Morgan fingerprint density at radius 2 is 1.83 bits per heavy atom. The molecule has 0 saturated carbocycles. The molecule has 6 nitrogen and oxygen atoms in total. The van der Waals surface area contributed by atoms with Crippen LogP contribution in [0.25, 0.3) is 0 Å². The molecule has 2 rings (SSSR count). The van der Waals surface area contributed by atoms with Crippen LogP contribution in [0.15, 0.2) is 18.5 Å². The van der Waals surface area contributed by atoms with Gasteiger partial charge < -0.3 is 10.4 Å². The average Bonchev–Trinajstić information content (AvgIpc) is 2.48. The van der Waals surface area contributed by atoms with Crippen molar-refractivity contribution in [1.82, 2.24) is 15.0 Å². The van der Waals surface area contributed by atoms with Gasteiger partial charge in [-0.05, 0) is 18.6 Å². The highest BCUT2D eigenvalue weighted by molar-refractivity contribution is 5.91. The fraction of sp³-hybridized carbons (Fsp3) is 0.231. The first-order valence-corrected chi connectivity index (χ1v) is 6.19. The molecule has 0 atom stereocenters. The highest BCUT2D eigenvalue weighted by Crippen LogP contribution is 2.25. The molecule has 122 valence electrons. The molecule has 0 radical (unpaired) electrons. The molecule has 0 saturated heterocycles.